The zero-order valence-corrected chi connectivity index (χ0v) is 22.1. The number of hydrogen-bond donors (Lipinski definition) is 0. The van der Waals surface area contributed by atoms with E-state index in [9.17, 15) is 0 Å². The molecule has 192 valence electrons. The van der Waals surface area contributed by atoms with Crippen LogP contribution in [-0.4, -0.2) is 51.9 Å². The lowest BCUT2D eigenvalue weighted by atomic mass is 10.0. The molecule has 2 aliphatic heterocycles. The fourth-order valence-electron chi connectivity index (χ4n) is 5.51. The minimum absolute atomic E-state index is 0.361. The van der Waals surface area contributed by atoms with E-state index in [1.165, 1.54) is 27.9 Å². The maximum absolute atomic E-state index is 6.19. The summed E-state index contributed by atoms with van der Waals surface area (Å²) in [6.45, 7) is 14.7. The van der Waals surface area contributed by atoms with Crippen molar-refractivity contribution in [3.63, 3.8) is 0 Å². The van der Waals surface area contributed by atoms with Gasteiger partial charge in [0.15, 0.2) is 0 Å². The predicted octanol–water partition coefficient (Wildman–Crippen LogP) is 5.10. The number of hydrogen-bond acceptors (Lipinski definition) is 5. The molecule has 0 amide bonds. The van der Waals surface area contributed by atoms with Gasteiger partial charge in [-0.1, -0.05) is 36.4 Å². The van der Waals surface area contributed by atoms with Crippen LogP contribution in [-0.2, 0) is 37.5 Å². The standard InChI is InChI=1S/C30H40N4O2/c1-4-34-24(3)29(23(2)31-34)21-33-16-17-35-30-11-10-26(18-27(30)20-33)19-32-14-12-28(13-15-32)36-22-25-8-6-5-7-9-25/h5-11,18,28H,4,12-17,19-22H2,1-3H3. The molecule has 6 nitrogen and oxygen atoms in total. The van der Waals surface area contributed by atoms with Gasteiger partial charge in [-0.05, 0) is 56.9 Å². The third-order valence-corrected chi connectivity index (χ3v) is 7.67. The first-order valence-corrected chi connectivity index (χ1v) is 13.5. The van der Waals surface area contributed by atoms with Crippen molar-refractivity contribution in [1.29, 1.82) is 0 Å². The highest BCUT2D eigenvalue weighted by Gasteiger charge is 2.22. The molecule has 1 saturated heterocycles. The Bertz CT molecular complexity index is 1140. The van der Waals surface area contributed by atoms with Gasteiger partial charge < -0.3 is 9.47 Å². The Labute approximate surface area is 215 Å². The fraction of sp³-hybridized carbons (Fsp3) is 0.500. The summed E-state index contributed by atoms with van der Waals surface area (Å²) in [5.41, 5.74) is 7.70. The number of aromatic nitrogens is 2. The largest absolute Gasteiger partial charge is 0.492 e. The molecule has 1 aromatic heterocycles. The van der Waals surface area contributed by atoms with Crippen LogP contribution >= 0.6 is 0 Å². The molecule has 3 heterocycles. The number of nitrogens with zero attached hydrogens (tertiary/aromatic N) is 4. The van der Waals surface area contributed by atoms with Crippen molar-refractivity contribution in [3.05, 3.63) is 82.2 Å². The van der Waals surface area contributed by atoms with Crippen LogP contribution < -0.4 is 4.74 Å². The molecule has 0 spiro atoms. The number of ether oxygens (including phenoxy) is 2. The van der Waals surface area contributed by atoms with E-state index in [1.54, 1.807) is 0 Å². The molecule has 2 aliphatic rings. The molecule has 3 aromatic rings. The monoisotopic (exact) mass is 488 g/mol. The van der Waals surface area contributed by atoms with E-state index in [0.717, 1.165) is 76.7 Å². The number of benzene rings is 2. The number of piperidine rings is 1. The number of likely N-dealkylation sites (tertiary alicyclic amines) is 1. The van der Waals surface area contributed by atoms with Crippen LogP contribution in [0.3, 0.4) is 0 Å². The lowest BCUT2D eigenvalue weighted by Gasteiger charge is -2.32. The minimum Gasteiger partial charge on any atom is -0.492 e. The molecule has 0 radical (unpaired) electrons. The second-order valence-electron chi connectivity index (χ2n) is 10.2. The predicted molar refractivity (Wildman–Crippen MR) is 143 cm³/mol. The molecule has 0 atom stereocenters. The third kappa shape index (κ3) is 6.00. The van der Waals surface area contributed by atoms with Gasteiger partial charge in [0.25, 0.3) is 0 Å². The van der Waals surface area contributed by atoms with E-state index in [-0.39, 0.29) is 0 Å². The molecule has 0 unspecified atom stereocenters. The van der Waals surface area contributed by atoms with Crippen molar-refractivity contribution in [3.8, 4) is 5.75 Å². The van der Waals surface area contributed by atoms with E-state index in [1.807, 2.05) is 0 Å². The van der Waals surface area contributed by atoms with Crippen molar-refractivity contribution in [1.82, 2.24) is 19.6 Å². The van der Waals surface area contributed by atoms with Gasteiger partial charge in [-0.25, -0.2) is 0 Å². The van der Waals surface area contributed by atoms with Crippen molar-refractivity contribution in [2.24, 2.45) is 0 Å². The highest BCUT2D eigenvalue weighted by atomic mass is 16.5. The zero-order chi connectivity index (χ0) is 24.9. The van der Waals surface area contributed by atoms with E-state index >= 15 is 0 Å². The van der Waals surface area contributed by atoms with Crippen LogP contribution in [0.25, 0.3) is 0 Å². The second kappa shape index (κ2) is 11.6. The van der Waals surface area contributed by atoms with Crippen molar-refractivity contribution < 1.29 is 9.47 Å². The Balaban J connectivity index is 1.16. The first-order valence-electron chi connectivity index (χ1n) is 13.5. The van der Waals surface area contributed by atoms with Crippen molar-refractivity contribution in [2.45, 2.75) is 72.5 Å². The maximum atomic E-state index is 6.19. The molecule has 36 heavy (non-hydrogen) atoms. The minimum atomic E-state index is 0.361. The molecule has 0 N–H and O–H groups in total. The van der Waals surface area contributed by atoms with Crippen molar-refractivity contribution in [2.75, 3.05) is 26.2 Å². The Kier molecular flexibility index (Phi) is 8.05. The molecule has 0 saturated carbocycles. The third-order valence-electron chi connectivity index (χ3n) is 7.67. The first-order chi connectivity index (χ1) is 17.6. The van der Waals surface area contributed by atoms with E-state index in [0.29, 0.717) is 12.7 Å². The average molecular weight is 489 g/mol. The van der Waals surface area contributed by atoms with Gasteiger partial charge in [-0.3, -0.25) is 14.5 Å². The van der Waals surface area contributed by atoms with E-state index < -0.39 is 0 Å². The molecule has 2 aromatic carbocycles. The van der Waals surface area contributed by atoms with Crippen LogP contribution in [0.2, 0.25) is 0 Å². The quantitative estimate of drug-likeness (QED) is 0.442. The highest BCUT2D eigenvalue weighted by molar-refractivity contribution is 5.38. The van der Waals surface area contributed by atoms with Crippen LogP contribution in [0.1, 0.15) is 53.4 Å². The van der Waals surface area contributed by atoms with Gasteiger partial charge >= 0.3 is 0 Å². The Morgan fingerprint density at radius 2 is 1.75 bits per heavy atom. The normalized spacial score (nSPS) is 17.5. The molecule has 1 fully saturated rings. The summed E-state index contributed by atoms with van der Waals surface area (Å²) in [6, 6.07) is 17.3. The highest BCUT2D eigenvalue weighted by Crippen LogP contribution is 2.27. The average Bonchev–Trinajstić information content (AvgIpc) is 3.05. The van der Waals surface area contributed by atoms with Gasteiger partial charge in [0.1, 0.15) is 12.4 Å². The van der Waals surface area contributed by atoms with Gasteiger partial charge in [0.2, 0.25) is 0 Å². The summed E-state index contributed by atoms with van der Waals surface area (Å²) in [7, 11) is 0. The zero-order valence-electron chi connectivity index (χ0n) is 22.1. The van der Waals surface area contributed by atoms with Gasteiger partial charge in [0.05, 0.1) is 18.4 Å². The van der Waals surface area contributed by atoms with Gasteiger partial charge in [0, 0.05) is 62.6 Å². The summed E-state index contributed by atoms with van der Waals surface area (Å²) in [5, 5.41) is 4.72. The first kappa shape index (κ1) is 25.0. The van der Waals surface area contributed by atoms with E-state index in [4.69, 9.17) is 14.6 Å². The topological polar surface area (TPSA) is 42.8 Å². The summed E-state index contributed by atoms with van der Waals surface area (Å²) in [4.78, 5) is 5.06. The summed E-state index contributed by atoms with van der Waals surface area (Å²) in [5.74, 6) is 1.03. The molecule has 6 heteroatoms. The second-order valence-corrected chi connectivity index (χ2v) is 10.2. The number of fused-ring (bicyclic) bond motifs is 1. The Morgan fingerprint density at radius 1 is 0.944 bits per heavy atom. The summed E-state index contributed by atoms with van der Waals surface area (Å²) < 4.78 is 14.4. The van der Waals surface area contributed by atoms with Gasteiger partial charge in [-0.15, -0.1) is 0 Å². The molecule has 5 rings (SSSR count). The molecule has 0 bridgehead atoms. The Morgan fingerprint density at radius 3 is 2.50 bits per heavy atom. The molecule has 0 aliphatic carbocycles. The van der Waals surface area contributed by atoms with Gasteiger partial charge in [-0.2, -0.15) is 5.10 Å². The summed E-state index contributed by atoms with van der Waals surface area (Å²) >= 11 is 0. The van der Waals surface area contributed by atoms with Crippen LogP contribution in [0.5, 0.6) is 5.75 Å². The number of rotatable bonds is 8. The van der Waals surface area contributed by atoms with E-state index in [2.05, 4.69) is 83.8 Å². The van der Waals surface area contributed by atoms with Crippen molar-refractivity contribution >= 4 is 0 Å². The van der Waals surface area contributed by atoms with Crippen LogP contribution in [0, 0.1) is 13.8 Å². The molecular formula is C30H40N4O2. The fourth-order valence-corrected chi connectivity index (χ4v) is 5.51. The summed E-state index contributed by atoms with van der Waals surface area (Å²) in [6.07, 6.45) is 2.55. The van der Waals surface area contributed by atoms with Crippen LogP contribution in [0.15, 0.2) is 48.5 Å². The maximum Gasteiger partial charge on any atom is 0.123 e. The smallest absolute Gasteiger partial charge is 0.123 e. The van der Waals surface area contributed by atoms with Crippen LogP contribution in [0.4, 0.5) is 0 Å². The SMILES string of the molecule is CCn1nc(C)c(CN2CCOc3ccc(CN4CCC(OCc5ccccc5)CC4)cc3C2)c1C. The number of aryl methyl sites for hydroxylation is 2. The lowest BCUT2D eigenvalue weighted by molar-refractivity contribution is -0.00394. The molecular weight excluding hydrogens is 448 g/mol. The Hall–Kier alpha value is -2.67. The lowest BCUT2D eigenvalue weighted by Crippen LogP contribution is -2.36.